The van der Waals surface area contributed by atoms with Crippen LogP contribution in [-0.2, 0) is 16.5 Å². The van der Waals surface area contributed by atoms with Gasteiger partial charge in [0.1, 0.15) is 0 Å². The van der Waals surface area contributed by atoms with Gasteiger partial charge in [0.05, 0.1) is 5.75 Å². The largest absolute Gasteiger partial charge is 0.366 e. The summed E-state index contributed by atoms with van der Waals surface area (Å²) >= 11 is 0. The molecule has 0 aliphatic heterocycles. The highest BCUT2D eigenvalue weighted by molar-refractivity contribution is 7.85. The lowest BCUT2D eigenvalue weighted by Crippen LogP contribution is -2.37. The van der Waals surface area contributed by atoms with E-state index in [0.717, 1.165) is 25.7 Å². The molecule has 248 valence electrons. The maximum atomic E-state index is 11.1. The molecule has 0 radical (unpaired) electrons. The summed E-state index contributed by atoms with van der Waals surface area (Å²) in [5, 5.41) is 0. The molecule has 0 atom stereocenters. The number of amides is 1. The number of carbonyl (C=O) groups excluding carboxylic acids is 1. The van der Waals surface area contributed by atoms with Crippen LogP contribution in [0.4, 0.5) is 0 Å². The van der Waals surface area contributed by atoms with Gasteiger partial charge in [-0.3, -0.25) is 9.35 Å². The molecule has 0 unspecified atom stereocenters. The Labute approximate surface area is 260 Å². The molecular formula is C35H68N2O4S. The van der Waals surface area contributed by atoms with Crippen molar-refractivity contribution in [2.75, 3.05) is 5.75 Å². The van der Waals surface area contributed by atoms with E-state index in [9.17, 15) is 13.2 Å². The topological polar surface area (TPSA) is 123 Å². The fourth-order valence-electron chi connectivity index (χ4n) is 4.72. The minimum atomic E-state index is -3.67. The minimum Gasteiger partial charge on any atom is -0.366 e. The maximum Gasteiger partial charge on any atom is 0.264 e. The molecule has 0 saturated carbocycles. The number of carbonyl (C=O) groups is 1. The van der Waals surface area contributed by atoms with Crippen LogP contribution in [0, 0.1) is 0 Å². The summed E-state index contributed by atoms with van der Waals surface area (Å²) in [5.41, 5.74) is 13.2. The maximum absolute atomic E-state index is 11.1. The summed E-state index contributed by atoms with van der Waals surface area (Å²) in [6, 6.07) is 7.74. The van der Waals surface area contributed by atoms with Crippen LogP contribution in [0.15, 0.2) is 24.3 Å². The fraction of sp³-hybridized carbons (Fsp3) is 0.800. The van der Waals surface area contributed by atoms with Gasteiger partial charge in [0.15, 0.2) is 0 Å². The number of aryl methyl sites for hydroxylation is 1. The SMILES string of the molecule is CCC(N)(CC)CC.CCCCCCCCCCCCCCCCCCc1ccc(C(N)=O)cc1.CCCS(=O)(=O)O. The van der Waals surface area contributed by atoms with Gasteiger partial charge in [-0.25, -0.2) is 0 Å². The van der Waals surface area contributed by atoms with E-state index in [2.05, 4.69) is 27.7 Å². The summed E-state index contributed by atoms with van der Waals surface area (Å²) in [6.45, 7) is 10.4. The molecule has 1 aromatic carbocycles. The van der Waals surface area contributed by atoms with E-state index < -0.39 is 10.1 Å². The number of hydrogen-bond donors (Lipinski definition) is 3. The second kappa shape index (κ2) is 28.3. The quantitative estimate of drug-likeness (QED) is 0.0838. The van der Waals surface area contributed by atoms with Gasteiger partial charge in [0.25, 0.3) is 10.1 Å². The molecule has 42 heavy (non-hydrogen) atoms. The van der Waals surface area contributed by atoms with E-state index in [1.165, 1.54) is 108 Å². The van der Waals surface area contributed by atoms with Crippen molar-refractivity contribution in [3.63, 3.8) is 0 Å². The van der Waals surface area contributed by atoms with Crippen molar-refractivity contribution in [2.45, 2.75) is 175 Å². The Kier molecular flexibility index (Phi) is 28.8. The third-order valence-corrected chi connectivity index (χ3v) is 9.06. The van der Waals surface area contributed by atoms with Crippen molar-refractivity contribution in [1.29, 1.82) is 0 Å². The summed E-state index contributed by atoms with van der Waals surface area (Å²) < 4.78 is 27.6. The van der Waals surface area contributed by atoms with E-state index in [0.29, 0.717) is 12.0 Å². The zero-order chi connectivity index (χ0) is 32.1. The third kappa shape index (κ3) is 28.7. The monoisotopic (exact) mass is 612 g/mol. The fourth-order valence-corrected chi connectivity index (χ4v) is 5.24. The zero-order valence-electron chi connectivity index (χ0n) is 28.1. The zero-order valence-corrected chi connectivity index (χ0v) is 28.9. The van der Waals surface area contributed by atoms with Gasteiger partial charge < -0.3 is 11.5 Å². The molecule has 0 aliphatic rings. The first-order chi connectivity index (χ1) is 20.0. The molecular weight excluding hydrogens is 544 g/mol. The second-order valence-corrected chi connectivity index (χ2v) is 13.4. The average Bonchev–Trinajstić information content (AvgIpc) is 2.97. The molecule has 0 saturated heterocycles. The van der Waals surface area contributed by atoms with E-state index in [1.807, 2.05) is 24.3 Å². The van der Waals surface area contributed by atoms with Gasteiger partial charge >= 0.3 is 0 Å². The predicted octanol–water partition coefficient (Wildman–Crippen LogP) is 9.79. The smallest absolute Gasteiger partial charge is 0.264 e. The molecule has 1 aromatic rings. The van der Waals surface area contributed by atoms with Gasteiger partial charge in [-0.15, -0.1) is 0 Å². The molecule has 0 aromatic heterocycles. The van der Waals surface area contributed by atoms with Crippen LogP contribution in [0.5, 0.6) is 0 Å². The summed E-state index contributed by atoms with van der Waals surface area (Å²) in [5.74, 6) is -0.476. The van der Waals surface area contributed by atoms with E-state index in [1.54, 1.807) is 6.92 Å². The molecule has 6 nitrogen and oxygen atoms in total. The molecule has 0 aliphatic carbocycles. The molecule has 7 heteroatoms. The van der Waals surface area contributed by atoms with Crippen LogP contribution >= 0.6 is 0 Å². The van der Waals surface area contributed by atoms with Crippen LogP contribution in [0.2, 0.25) is 0 Å². The Bertz CT molecular complexity index is 829. The Balaban J connectivity index is 0. The summed E-state index contributed by atoms with van der Waals surface area (Å²) in [6.07, 6.45) is 27.4. The molecule has 0 spiro atoms. The number of rotatable bonds is 23. The van der Waals surface area contributed by atoms with Crippen LogP contribution < -0.4 is 11.5 Å². The van der Waals surface area contributed by atoms with Gasteiger partial charge in [0, 0.05) is 11.1 Å². The molecule has 0 bridgehead atoms. The van der Waals surface area contributed by atoms with Crippen molar-refractivity contribution in [1.82, 2.24) is 0 Å². The Morgan fingerprint density at radius 3 is 1.24 bits per heavy atom. The van der Waals surface area contributed by atoms with Crippen molar-refractivity contribution in [3.05, 3.63) is 35.4 Å². The van der Waals surface area contributed by atoms with Gasteiger partial charge in [-0.1, -0.05) is 143 Å². The van der Waals surface area contributed by atoms with Gasteiger partial charge in [-0.05, 0) is 56.2 Å². The molecule has 1 amide bonds. The van der Waals surface area contributed by atoms with Crippen molar-refractivity contribution in [3.8, 4) is 0 Å². The number of unbranched alkanes of at least 4 members (excludes halogenated alkanes) is 15. The summed E-state index contributed by atoms with van der Waals surface area (Å²) in [7, 11) is -3.67. The van der Waals surface area contributed by atoms with Gasteiger partial charge in [0.2, 0.25) is 5.91 Å². The number of benzene rings is 1. The van der Waals surface area contributed by atoms with Crippen molar-refractivity contribution in [2.24, 2.45) is 11.5 Å². The standard InChI is InChI=1S/C25H43NO.C7H17N.C3H8O3S/c1-2-3-4-5-6-7-8-9-10-11-12-13-14-15-16-17-18-23-19-21-24(22-20-23)25(26)27;1-4-7(8,5-2)6-3;1-2-3-7(4,5)6/h19-22H,2-18H2,1H3,(H2,26,27);4-6,8H2,1-3H3;2-3H2,1H3,(H,4,5,6). The number of hydrogen-bond acceptors (Lipinski definition) is 4. The van der Waals surface area contributed by atoms with E-state index in [4.69, 9.17) is 16.0 Å². The molecule has 5 N–H and O–H groups in total. The summed E-state index contributed by atoms with van der Waals surface area (Å²) in [4.78, 5) is 11.1. The molecule has 0 heterocycles. The third-order valence-electron chi connectivity index (χ3n) is 8.13. The first kappa shape index (κ1) is 42.7. The average molecular weight is 613 g/mol. The second-order valence-electron chi connectivity index (χ2n) is 11.8. The number of nitrogens with two attached hydrogens (primary N) is 2. The Hall–Kier alpha value is -1.44. The highest BCUT2D eigenvalue weighted by atomic mass is 32.2. The molecule has 0 fully saturated rings. The highest BCUT2D eigenvalue weighted by Crippen LogP contribution is 2.15. The number of primary amides is 1. The van der Waals surface area contributed by atoms with Crippen molar-refractivity contribution < 1.29 is 17.8 Å². The highest BCUT2D eigenvalue weighted by Gasteiger charge is 2.15. The first-order valence-electron chi connectivity index (χ1n) is 17.1. The normalized spacial score (nSPS) is 11.3. The minimum absolute atomic E-state index is 0.125. The van der Waals surface area contributed by atoms with Crippen LogP contribution in [-0.4, -0.2) is 30.2 Å². The Morgan fingerprint density at radius 2 is 1.00 bits per heavy atom. The molecule has 1 rings (SSSR count). The first-order valence-corrected chi connectivity index (χ1v) is 18.7. The van der Waals surface area contributed by atoms with Gasteiger partial charge in [-0.2, -0.15) is 8.42 Å². The lowest BCUT2D eigenvalue weighted by Gasteiger charge is -2.23. The van der Waals surface area contributed by atoms with Crippen molar-refractivity contribution >= 4 is 16.0 Å². The Morgan fingerprint density at radius 1 is 0.643 bits per heavy atom. The van der Waals surface area contributed by atoms with E-state index in [-0.39, 0.29) is 17.2 Å². The van der Waals surface area contributed by atoms with Crippen LogP contribution in [0.1, 0.15) is 179 Å². The lowest BCUT2D eigenvalue weighted by molar-refractivity contribution is 0.1000. The van der Waals surface area contributed by atoms with E-state index >= 15 is 0 Å². The van der Waals surface area contributed by atoms with Crippen LogP contribution in [0.25, 0.3) is 0 Å². The van der Waals surface area contributed by atoms with Crippen LogP contribution in [0.3, 0.4) is 0 Å². The predicted molar refractivity (Wildman–Crippen MR) is 183 cm³/mol. The lowest BCUT2D eigenvalue weighted by atomic mass is 9.92.